The average Bonchev–Trinajstić information content (AvgIpc) is 2.74. The molecule has 6 nitrogen and oxygen atoms in total. The van der Waals surface area contributed by atoms with Gasteiger partial charge in [0.1, 0.15) is 5.75 Å². The summed E-state index contributed by atoms with van der Waals surface area (Å²) >= 11 is 0. The molecule has 1 saturated heterocycles. The molecule has 2 aromatic carbocycles. The highest BCUT2D eigenvalue weighted by Crippen LogP contribution is 2.27. The minimum Gasteiger partial charge on any atom is -0.497 e. The molecule has 0 aliphatic carbocycles. The van der Waals surface area contributed by atoms with E-state index in [9.17, 15) is 9.59 Å². The number of urea groups is 1. The highest BCUT2D eigenvalue weighted by atomic mass is 16.5. The molecule has 0 radical (unpaired) electrons. The molecule has 1 fully saturated rings. The number of hydrogen-bond donors (Lipinski definition) is 2. The number of carbonyl (C=O) groups excluding carboxylic acids is 2. The van der Waals surface area contributed by atoms with Crippen LogP contribution >= 0.6 is 0 Å². The lowest BCUT2D eigenvalue weighted by Gasteiger charge is -2.32. The van der Waals surface area contributed by atoms with E-state index in [0.717, 1.165) is 36.4 Å². The lowest BCUT2D eigenvalue weighted by atomic mass is 9.89. The SMILES string of the molecule is CNC(=O)N1CCCC(c2cccc(C(=O)Nc3ccc(OC)cc3)c2)C1. The summed E-state index contributed by atoms with van der Waals surface area (Å²) in [6.07, 6.45) is 1.97. The Labute approximate surface area is 159 Å². The van der Waals surface area contributed by atoms with Crippen molar-refractivity contribution in [3.8, 4) is 5.75 Å². The maximum Gasteiger partial charge on any atom is 0.317 e. The highest BCUT2D eigenvalue weighted by Gasteiger charge is 2.24. The van der Waals surface area contributed by atoms with Gasteiger partial charge in [0, 0.05) is 37.3 Å². The number of hydrogen-bond acceptors (Lipinski definition) is 3. The number of piperidine rings is 1. The number of methoxy groups -OCH3 is 1. The van der Waals surface area contributed by atoms with Gasteiger partial charge in [-0.05, 0) is 54.8 Å². The van der Waals surface area contributed by atoms with E-state index in [1.165, 1.54) is 0 Å². The van der Waals surface area contributed by atoms with Crippen molar-refractivity contribution >= 4 is 17.6 Å². The molecular formula is C21H25N3O3. The standard InChI is InChI=1S/C21H25N3O3/c1-22-21(26)24-12-4-7-17(14-24)15-5-3-6-16(13-15)20(25)23-18-8-10-19(27-2)11-9-18/h3,5-6,8-11,13,17H,4,7,12,14H2,1-2H3,(H,22,26)(H,23,25). The Morgan fingerprint density at radius 3 is 2.63 bits per heavy atom. The summed E-state index contributed by atoms with van der Waals surface area (Å²) in [7, 11) is 3.26. The van der Waals surface area contributed by atoms with E-state index in [0.29, 0.717) is 12.1 Å². The third kappa shape index (κ3) is 4.58. The van der Waals surface area contributed by atoms with Crippen molar-refractivity contribution in [3.63, 3.8) is 0 Å². The summed E-state index contributed by atoms with van der Waals surface area (Å²) < 4.78 is 5.13. The highest BCUT2D eigenvalue weighted by molar-refractivity contribution is 6.04. The largest absolute Gasteiger partial charge is 0.497 e. The van der Waals surface area contributed by atoms with Gasteiger partial charge in [0.15, 0.2) is 0 Å². The topological polar surface area (TPSA) is 70.7 Å². The van der Waals surface area contributed by atoms with Crippen molar-refractivity contribution in [1.29, 1.82) is 0 Å². The number of amides is 3. The fourth-order valence-electron chi connectivity index (χ4n) is 3.40. The Balaban J connectivity index is 1.70. The van der Waals surface area contributed by atoms with Gasteiger partial charge in [0.05, 0.1) is 7.11 Å². The summed E-state index contributed by atoms with van der Waals surface area (Å²) in [5.41, 5.74) is 2.42. The van der Waals surface area contributed by atoms with Crippen molar-refractivity contribution in [2.45, 2.75) is 18.8 Å². The summed E-state index contributed by atoms with van der Waals surface area (Å²) in [5.74, 6) is 0.832. The molecule has 27 heavy (non-hydrogen) atoms. The van der Waals surface area contributed by atoms with E-state index in [4.69, 9.17) is 4.74 Å². The number of likely N-dealkylation sites (tertiary alicyclic amines) is 1. The number of anilines is 1. The quantitative estimate of drug-likeness (QED) is 0.869. The second-order valence-corrected chi connectivity index (χ2v) is 6.65. The molecule has 0 bridgehead atoms. The van der Waals surface area contributed by atoms with Gasteiger partial charge >= 0.3 is 6.03 Å². The Morgan fingerprint density at radius 1 is 1.15 bits per heavy atom. The average molecular weight is 367 g/mol. The first-order valence-corrected chi connectivity index (χ1v) is 9.12. The predicted molar refractivity (Wildman–Crippen MR) is 105 cm³/mol. The maximum absolute atomic E-state index is 12.6. The molecule has 3 rings (SSSR count). The molecule has 1 aliphatic rings. The summed E-state index contributed by atoms with van der Waals surface area (Å²) in [4.78, 5) is 26.3. The van der Waals surface area contributed by atoms with E-state index in [-0.39, 0.29) is 17.9 Å². The summed E-state index contributed by atoms with van der Waals surface area (Å²) in [6, 6.07) is 14.8. The molecule has 2 N–H and O–H groups in total. The lowest BCUT2D eigenvalue weighted by molar-refractivity contribution is 0.102. The van der Waals surface area contributed by atoms with Crippen LogP contribution in [0.5, 0.6) is 5.75 Å². The molecule has 1 unspecified atom stereocenters. The van der Waals surface area contributed by atoms with Crippen LogP contribution in [-0.2, 0) is 0 Å². The first kappa shape index (κ1) is 18.8. The molecule has 2 aromatic rings. The minimum atomic E-state index is -0.152. The predicted octanol–water partition coefficient (Wildman–Crippen LogP) is 3.47. The van der Waals surface area contributed by atoms with E-state index >= 15 is 0 Å². The molecule has 0 aromatic heterocycles. The number of nitrogens with zero attached hydrogens (tertiary/aromatic N) is 1. The molecule has 1 aliphatic heterocycles. The van der Waals surface area contributed by atoms with Gasteiger partial charge in [-0.3, -0.25) is 4.79 Å². The molecule has 3 amide bonds. The third-order valence-electron chi connectivity index (χ3n) is 4.89. The molecule has 0 spiro atoms. The van der Waals surface area contributed by atoms with Crippen LogP contribution in [0, 0.1) is 0 Å². The minimum absolute atomic E-state index is 0.0481. The Hall–Kier alpha value is -3.02. The first-order valence-electron chi connectivity index (χ1n) is 9.12. The zero-order valence-electron chi connectivity index (χ0n) is 15.7. The number of nitrogens with one attached hydrogen (secondary N) is 2. The molecule has 0 saturated carbocycles. The van der Waals surface area contributed by atoms with Crippen LogP contribution < -0.4 is 15.4 Å². The molecule has 142 valence electrons. The molecule has 1 atom stereocenters. The number of benzene rings is 2. The summed E-state index contributed by atoms with van der Waals surface area (Å²) in [5, 5.41) is 5.59. The van der Waals surface area contributed by atoms with E-state index < -0.39 is 0 Å². The summed E-state index contributed by atoms with van der Waals surface area (Å²) in [6.45, 7) is 1.44. The second kappa shape index (κ2) is 8.58. The van der Waals surface area contributed by atoms with Crippen LogP contribution in [0.2, 0.25) is 0 Å². The fraction of sp³-hybridized carbons (Fsp3) is 0.333. The maximum atomic E-state index is 12.6. The zero-order chi connectivity index (χ0) is 19.2. The number of rotatable bonds is 4. The molecule has 6 heteroatoms. The van der Waals surface area contributed by atoms with Crippen molar-refractivity contribution in [2.75, 3.05) is 32.6 Å². The Kier molecular flexibility index (Phi) is 5.96. The van der Waals surface area contributed by atoms with Gasteiger partial charge in [0.2, 0.25) is 0 Å². The second-order valence-electron chi connectivity index (χ2n) is 6.65. The van der Waals surface area contributed by atoms with Crippen LogP contribution in [0.15, 0.2) is 48.5 Å². The lowest BCUT2D eigenvalue weighted by Crippen LogP contribution is -2.43. The van der Waals surface area contributed by atoms with Crippen molar-refractivity contribution in [3.05, 3.63) is 59.7 Å². The Morgan fingerprint density at radius 2 is 1.93 bits per heavy atom. The van der Waals surface area contributed by atoms with Crippen molar-refractivity contribution < 1.29 is 14.3 Å². The van der Waals surface area contributed by atoms with Crippen molar-refractivity contribution in [2.24, 2.45) is 0 Å². The fourth-order valence-corrected chi connectivity index (χ4v) is 3.40. The van der Waals surface area contributed by atoms with Crippen LogP contribution in [0.1, 0.15) is 34.7 Å². The zero-order valence-corrected chi connectivity index (χ0v) is 15.7. The van der Waals surface area contributed by atoms with E-state index in [1.54, 1.807) is 26.3 Å². The monoisotopic (exact) mass is 367 g/mol. The van der Waals surface area contributed by atoms with Gasteiger partial charge in [-0.25, -0.2) is 4.79 Å². The van der Waals surface area contributed by atoms with Crippen LogP contribution in [0.25, 0.3) is 0 Å². The Bertz CT molecular complexity index is 805. The first-order chi connectivity index (χ1) is 13.1. The third-order valence-corrected chi connectivity index (χ3v) is 4.89. The smallest absolute Gasteiger partial charge is 0.317 e. The number of carbonyl (C=O) groups is 2. The van der Waals surface area contributed by atoms with Gasteiger partial charge in [-0.1, -0.05) is 12.1 Å². The van der Waals surface area contributed by atoms with E-state index in [1.807, 2.05) is 41.3 Å². The van der Waals surface area contributed by atoms with E-state index in [2.05, 4.69) is 10.6 Å². The van der Waals surface area contributed by atoms with Gasteiger partial charge < -0.3 is 20.3 Å². The molecule has 1 heterocycles. The van der Waals surface area contributed by atoms with Gasteiger partial charge in [-0.2, -0.15) is 0 Å². The number of ether oxygens (including phenoxy) is 1. The van der Waals surface area contributed by atoms with Crippen LogP contribution in [-0.4, -0.2) is 44.1 Å². The van der Waals surface area contributed by atoms with Crippen molar-refractivity contribution in [1.82, 2.24) is 10.2 Å². The van der Waals surface area contributed by atoms with Crippen LogP contribution in [0.4, 0.5) is 10.5 Å². The van der Waals surface area contributed by atoms with Gasteiger partial charge in [0.25, 0.3) is 5.91 Å². The normalized spacial score (nSPS) is 16.5. The van der Waals surface area contributed by atoms with Gasteiger partial charge in [-0.15, -0.1) is 0 Å². The van der Waals surface area contributed by atoms with Crippen LogP contribution in [0.3, 0.4) is 0 Å². The molecular weight excluding hydrogens is 342 g/mol.